The number of nitro benzene ring substituents is 1. The maximum absolute atomic E-state index is 10.9. The maximum Gasteiger partial charge on any atom is 0.274 e. The number of halogens is 1. The number of benzene rings is 1. The van der Waals surface area contributed by atoms with Crippen molar-refractivity contribution >= 4 is 27.3 Å². The highest BCUT2D eigenvalue weighted by atomic mass is 79.9. The van der Waals surface area contributed by atoms with Gasteiger partial charge in [-0.15, -0.1) is 0 Å². The molecule has 0 amide bonds. The van der Waals surface area contributed by atoms with Crippen LogP contribution in [-0.2, 0) is 6.54 Å². The molecule has 1 N–H and O–H groups in total. The molecule has 1 aromatic carbocycles. The lowest BCUT2D eigenvalue weighted by Gasteiger charge is -2.09. The van der Waals surface area contributed by atoms with Crippen molar-refractivity contribution in [1.29, 1.82) is 0 Å². The average molecular weight is 325 g/mol. The van der Waals surface area contributed by atoms with Gasteiger partial charge >= 0.3 is 0 Å². The summed E-state index contributed by atoms with van der Waals surface area (Å²) in [7, 11) is 0. The first-order valence-corrected chi connectivity index (χ1v) is 6.49. The van der Waals surface area contributed by atoms with Gasteiger partial charge < -0.3 is 9.73 Å². The minimum atomic E-state index is -0.372. The monoisotopic (exact) mass is 324 g/mol. The van der Waals surface area contributed by atoms with Crippen LogP contribution in [0.4, 0.5) is 11.4 Å². The zero-order chi connectivity index (χ0) is 14.0. The van der Waals surface area contributed by atoms with Crippen molar-refractivity contribution in [3.63, 3.8) is 0 Å². The summed E-state index contributed by atoms with van der Waals surface area (Å²) in [6.07, 6.45) is 1.59. The summed E-state index contributed by atoms with van der Waals surface area (Å²) in [6, 6.07) is 5.17. The van der Waals surface area contributed by atoms with Gasteiger partial charge in [0.1, 0.15) is 5.76 Å². The van der Waals surface area contributed by atoms with E-state index < -0.39 is 0 Å². The molecule has 0 radical (unpaired) electrons. The molecule has 0 bridgehead atoms. The van der Waals surface area contributed by atoms with Gasteiger partial charge in [-0.3, -0.25) is 10.1 Å². The standard InChI is InChI=1S/C13H13BrN2O3/c1-8-5-9(2)12(16(17)18)6-11(8)15-7-13-10(14)3-4-19-13/h3-6,15H,7H2,1-2H3. The van der Waals surface area contributed by atoms with Crippen molar-refractivity contribution in [2.24, 2.45) is 0 Å². The van der Waals surface area contributed by atoms with Gasteiger partial charge in [0.15, 0.2) is 0 Å². The molecule has 0 atom stereocenters. The second kappa shape index (κ2) is 5.44. The van der Waals surface area contributed by atoms with Crippen LogP contribution in [-0.4, -0.2) is 4.92 Å². The van der Waals surface area contributed by atoms with Crippen LogP contribution in [0.2, 0.25) is 0 Å². The molecule has 0 spiro atoms. The molecule has 0 unspecified atom stereocenters. The van der Waals surface area contributed by atoms with Crippen molar-refractivity contribution in [2.45, 2.75) is 20.4 Å². The molecule has 5 nitrogen and oxygen atoms in total. The van der Waals surface area contributed by atoms with E-state index in [9.17, 15) is 10.1 Å². The molecule has 1 aromatic heterocycles. The number of hydrogen-bond acceptors (Lipinski definition) is 4. The summed E-state index contributed by atoms with van der Waals surface area (Å²) in [6.45, 7) is 4.11. The quantitative estimate of drug-likeness (QED) is 0.676. The third-order valence-corrected chi connectivity index (χ3v) is 3.58. The molecule has 0 fully saturated rings. The summed E-state index contributed by atoms with van der Waals surface area (Å²) < 4.78 is 6.16. The van der Waals surface area contributed by atoms with E-state index in [0.29, 0.717) is 12.1 Å². The lowest BCUT2D eigenvalue weighted by atomic mass is 10.1. The van der Waals surface area contributed by atoms with Gasteiger partial charge in [0.2, 0.25) is 0 Å². The van der Waals surface area contributed by atoms with E-state index in [2.05, 4.69) is 21.2 Å². The largest absolute Gasteiger partial charge is 0.466 e. The van der Waals surface area contributed by atoms with E-state index in [1.54, 1.807) is 25.3 Å². The van der Waals surface area contributed by atoms with Crippen LogP contribution in [0.5, 0.6) is 0 Å². The number of furan rings is 1. The molecule has 2 aromatic rings. The normalized spacial score (nSPS) is 10.5. The van der Waals surface area contributed by atoms with Gasteiger partial charge in [-0.25, -0.2) is 0 Å². The molecule has 100 valence electrons. The predicted octanol–water partition coefficient (Wildman–Crippen LogP) is 4.18. The zero-order valence-electron chi connectivity index (χ0n) is 10.6. The van der Waals surface area contributed by atoms with Gasteiger partial charge in [-0.1, -0.05) is 0 Å². The number of hydrogen-bond donors (Lipinski definition) is 1. The zero-order valence-corrected chi connectivity index (χ0v) is 12.2. The van der Waals surface area contributed by atoms with Crippen LogP contribution in [0, 0.1) is 24.0 Å². The molecular weight excluding hydrogens is 312 g/mol. The maximum atomic E-state index is 10.9. The SMILES string of the molecule is Cc1cc(C)c([N+](=O)[O-])cc1NCc1occc1Br. The smallest absolute Gasteiger partial charge is 0.274 e. The molecule has 0 aliphatic heterocycles. The first kappa shape index (κ1) is 13.6. The highest BCUT2D eigenvalue weighted by Gasteiger charge is 2.14. The van der Waals surface area contributed by atoms with Crippen molar-refractivity contribution in [2.75, 3.05) is 5.32 Å². The topological polar surface area (TPSA) is 68.3 Å². The van der Waals surface area contributed by atoms with E-state index in [0.717, 1.165) is 21.5 Å². The summed E-state index contributed by atoms with van der Waals surface area (Å²) in [5, 5.41) is 14.1. The van der Waals surface area contributed by atoms with Gasteiger partial charge in [-0.2, -0.15) is 0 Å². The van der Waals surface area contributed by atoms with E-state index in [4.69, 9.17) is 4.42 Å². The number of nitrogens with one attached hydrogen (secondary N) is 1. The Morgan fingerprint density at radius 2 is 2.11 bits per heavy atom. The minimum absolute atomic E-state index is 0.117. The fourth-order valence-corrected chi connectivity index (χ4v) is 2.20. The van der Waals surface area contributed by atoms with Crippen molar-refractivity contribution in [1.82, 2.24) is 0 Å². The van der Waals surface area contributed by atoms with Crippen LogP contribution in [0.1, 0.15) is 16.9 Å². The van der Waals surface area contributed by atoms with E-state index in [1.165, 1.54) is 0 Å². The van der Waals surface area contributed by atoms with Crippen LogP contribution in [0.15, 0.2) is 33.4 Å². The van der Waals surface area contributed by atoms with E-state index in [-0.39, 0.29) is 10.6 Å². The fourth-order valence-electron chi connectivity index (χ4n) is 1.85. The summed E-state index contributed by atoms with van der Waals surface area (Å²) in [5.74, 6) is 0.752. The van der Waals surface area contributed by atoms with Gasteiger partial charge in [0.05, 0.1) is 22.2 Å². The Morgan fingerprint density at radius 1 is 1.37 bits per heavy atom. The predicted molar refractivity (Wildman–Crippen MR) is 76.3 cm³/mol. The number of anilines is 1. The van der Waals surface area contributed by atoms with Crippen molar-refractivity contribution < 1.29 is 9.34 Å². The summed E-state index contributed by atoms with van der Waals surface area (Å²) >= 11 is 3.37. The highest BCUT2D eigenvalue weighted by Crippen LogP contribution is 2.27. The molecule has 1 heterocycles. The first-order valence-electron chi connectivity index (χ1n) is 5.70. The average Bonchev–Trinajstić information content (AvgIpc) is 2.73. The molecule has 0 saturated carbocycles. The van der Waals surface area contributed by atoms with Crippen LogP contribution in [0.25, 0.3) is 0 Å². The lowest BCUT2D eigenvalue weighted by Crippen LogP contribution is -2.02. The molecular formula is C13H13BrN2O3. The second-order valence-electron chi connectivity index (χ2n) is 4.26. The number of nitrogens with zero attached hydrogens (tertiary/aromatic N) is 1. The van der Waals surface area contributed by atoms with Crippen molar-refractivity contribution in [3.05, 3.63) is 55.9 Å². The Bertz CT molecular complexity index is 622. The number of rotatable bonds is 4. The first-order chi connectivity index (χ1) is 8.99. The minimum Gasteiger partial charge on any atom is -0.466 e. The van der Waals surface area contributed by atoms with Crippen LogP contribution < -0.4 is 5.32 Å². The third kappa shape index (κ3) is 2.96. The van der Waals surface area contributed by atoms with Crippen LogP contribution >= 0.6 is 15.9 Å². The van der Waals surface area contributed by atoms with Crippen molar-refractivity contribution in [3.8, 4) is 0 Å². The Hall–Kier alpha value is -1.82. The van der Waals surface area contributed by atoms with Gasteiger partial charge in [0.25, 0.3) is 5.69 Å². The Labute approximate surface area is 118 Å². The number of aryl methyl sites for hydroxylation is 2. The van der Waals surface area contributed by atoms with Crippen LogP contribution in [0.3, 0.4) is 0 Å². The number of nitro groups is 1. The molecule has 19 heavy (non-hydrogen) atoms. The second-order valence-corrected chi connectivity index (χ2v) is 5.11. The molecule has 2 rings (SSSR count). The van der Waals surface area contributed by atoms with E-state index >= 15 is 0 Å². The molecule has 0 saturated heterocycles. The Morgan fingerprint density at radius 3 is 2.68 bits per heavy atom. The Kier molecular flexibility index (Phi) is 3.90. The molecule has 0 aliphatic rings. The van der Waals surface area contributed by atoms with Gasteiger partial charge in [-0.05, 0) is 47.5 Å². The lowest BCUT2D eigenvalue weighted by molar-refractivity contribution is -0.385. The van der Waals surface area contributed by atoms with Gasteiger partial charge in [0, 0.05) is 17.3 Å². The summed E-state index contributed by atoms with van der Waals surface area (Å²) in [4.78, 5) is 10.6. The third-order valence-electron chi connectivity index (χ3n) is 2.87. The molecule has 0 aliphatic carbocycles. The Balaban J connectivity index is 2.23. The summed E-state index contributed by atoms with van der Waals surface area (Å²) in [5.41, 5.74) is 2.48. The highest BCUT2D eigenvalue weighted by molar-refractivity contribution is 9.10. The van der Waals surface area contributed by atoms with E-state index in [1.807, 2.05) is 13.0 Å². The fraction of sp³-hybridized carbons (Fsp3) is 0.231. The molecule has 6 heteroatoms.